The minimum atomic E-state index is -3.57. The molecule has 0 unspecified atom stereocenters. The summed E-state index contributed by atoms with van der Waals surface area (Å²) >= 11 is 0. The first-order chi connectivity index (χ1) is 10.6. The van der Waals surface area contributed by atoms with E-state index in [9.17, 15) is 13.2 Å². The molecule has 6 nitrogen and oxygen atoms in total. The highest BCUT2D eigenvalue weighted by Gasteiger charge is 2.26. The van der Waals surface area contributed by atoms with E-state index in [-0.39, 0.29) is 10.8 Å². The van der Waals surface area contributed by atoms with Gasteiger partial charge in [-0.05, 0) is 24.6 Å². The van der Waals surface area contributed by atoms with Crippen LogP contribution in [0.2, 0.25) is 0 Å². The number of hydrogen-bond acceptors (Lipinski definition) is 4. The maximum atomic E-state index is 12.6. The second-order valence-corrected chi connectivity index (χ2v) is 7.09. The number of amides is 1. The topological polar surface area (TPSA) is 75.7 Å². The predicted octanol–water partition coefficient (Wildman–Crippen LogP) is 1.24. The molecule has 1 aliphatic rings. The van der Waals surface area contributed by atoms with Crippen LogP contribution in [-0.4, -0.2) is 51.5 Å². The highest BCUT2D eigenvalue weighted by Crippen LogP contribution is 2.18. The average Bonchev–Trinajstić information content (AvgIpc) is 2.56. The third kappa shape index (κ3) is 4.06. The van der Waals surface area contributed by atoms with E-state index < -0.39 is 10.0 Å². The van der Waals surface area contributed by atoms with Gasteiger partial charge in [0.2, 0.25) is 10.0 Å². The fourth-order valence-corrected chi connectivity index (χ4v) is 3.67. The van der Waals surface area contributed by atoms with Crippen molar-refractivity contribution in [3.05, 3.63) is 29.8 Å². The molecule has 1 amide bonds. The molecule has 0 radical (unpaired) electrons. The van der Waals surface area contributed by atoms with Gasteiger partial charge in [-0.2, -0.15) is 4.31 Å². The van der Waals surface area contributed by atoms with Gasteiger partial charge in [0.05, 0.1) is 18.1 Å². The minimum absolute atomic E-state index is 0.151. The number of unbranched alkanes of at least 4 members (excludes halogenated alkanes) is 1. The van der Waals surface area contributed by atoms with Crippen molar-refractivity contribution in [1.29, 1.82) is 0 Å². The van der Waals surface area contributed by atoms with Gasteiger partial charge in [0, 0.05) is 25.2 Å². The van der Waals surface area contributed by atoms with E-state index in [1.54, 1.807) is 12.1 Å². The molecule has 0 aromatic heterocycles. The molecule has 2 rings (SSSR count). The zero-order chi connectivity index (χ0) is 16.0. The molecule has 122 valence electrons. The first-order valence-corrected chi connectivity index (χ1v) is 8.96. The van der Waals surface area contributed by atoms with Gasteiger partial charge in [-0.15, -0.1) is 0 Å². The summed E-state index contributed by atoms with van der Waals surface area (Å²) in [5.74, 6) is -0.243. The minimum Gasteiger partial charge on any atom is -0.379 e. The summed E-state index contributed by atoms with van der Waals surface area (Å²) < 4.78 is 31.7. The van der Waals surface area contributed by atoms with Crippen LogP contribution in [0.1, 0.15) is 30.1 Å². The number of hydrogen-bond donors (Lipinski definition) is 1. The maximum Gasteiger partial charge on any atom is 0.251 e. The number of benzene rings is 1. The summed E-state index contributed by atoms with van der Waals surface area (Å²) in [6.45, 7) is 4.12. The molecule has 1 fully saturated rings. The number of morpholine rings is 1. The molecule has 0 aliphatic carbocycles. The van der Waals surface area contributed by atoms with Gasteiger partial charge in [-0.3, -0.25) is 4.79 Å². The van der Waals surface area contributed by atoms with Crippen LogP contribution in [-0.2, 0) is 14.8 Å². The quantitative estimate of drug-likeness (QED) is 0.798. The van der Waals surface area contributed by atoms with E-state index in [0.717, 1.165) is 12.8 Å². The molecular weight excluding hydrogens is 304 g/mol. The van der Waals surface area contributed by atoms with E-state index in [0.29, 0.717) is 38.4 Å². The molecule has 1 aromatic carbocycles. The standard InChI is InChI=1S/C15H22N2O4S/c1-2-3-7-16-15(18)13-5-4-6-14(12-13)22(19,20)17-8-10-21-11-9-17/h4-6,12H,2-3,7-11H2,1H3,(H,16,18). The number of carbonyl (C=O) groups is 1. The van der Waals surface area contributed by atoms with Crippen LogP contribution in [0.3, 0.4) is 0 Å². The first kappa shape index (κ1) is 16.9. The van der Waals surface area contributed by atoms with Crippen LogP contribution in [0.25, 0.3) is 0 Å². The number of nitrogens with one attached hydrogen (secondary N) is 1. The van der Waals surface area contributed by atoms with Crippen molar-refractivity contribution in [1.82, 2.24) is 9.62 Å². The molecule has 0 atom stereocenters. The average molecular weight is 326 g/mol. The zero-order valence-electron chi connectivity index (χ0n) is 12.7. The molecule has 0 bridgehead atoms. The molecule has 7 heteroatoms. The van der Waals surface area contributed by atoms with Gasteiger partial charge in [0.25, 0.3) is 5.91 Å². The van der Waals surface area contributed by atoms with Gasteiger partial charge in [-0.1, -0.05) is 19.4 Å². The second-order valence-electron chi connectivity index (χ2n) is 5.15. The van der Waals surface area contributed by atoms with Gasteiger partial charge in [-0.25, -0.2) is 8.42 Å². The van der Waals surface area contributed by atoms with Gasteiger partial charge in [0.1, 0.15) is 0 Å². The Morgan fingerprint density at radius 1 is 1.32 bits per heavy atom. The van der Waals surface area contributed by atoms with Crippen molar-refractivity contribution in [2.75, 3.05) is 32.8 Å². The first-order valence-electron chi connectivity index (χ1n) is 7.52. The molecular formula is C15H22N2O4S. The summed E-state index contributed by atoms with van der Waals surface area (Å²) in [5, 5.41) is 2.79. The van der Waals surface area contributed by atoms with Crippen LogP contribution in [0.5, 0.6) is 0 Å². The normalized spacial score (nSPS) is 16.4. The summed E-state index contributed by atoms with van der Waals surface area (Å²) in [7, 11) is -3.57. The van der Waals surface area contributed by atoms with Crippen LogP contribution < -0.4 is 5.32 Å². The number of ether oxygens (including phenoxy) is 1. The fraction of sp³-hybridized carbons (Fsp3) is 0.533. The Kier molecular flexibility index (Phi) is 5.93. The van der Waals surface area contributed by atoms with Crippen LogP contribution in [0.15, 0.2) is 29.2 Å². The predicted molar refractivity (Wildman–Crippen MR) is 83.3 cm³/mol. The van der Waals surface area contributed by atoms with Crippen molar-refractivity contribution in [2.45, 2.75) is 24.7 Å². The van der Waals surface area contributed by atoms with Crippen molar-refractivity contribution in [3.63, 3.8) is 0 Å². The number of carbonyl (C=O) groups excluding carboxylic acids is 1. The van der Waals surface area contributed by atoms with Crippen molar-refractivity contribution in [2.24, 2.45) is 0 Å². The van der Waals surface area contributed by atoms with Gasteiger partial charge in [0.15, 0.2) is 0 Å². The molecule has 1 saturated heterocycles. The van der Waals surface area contributed by atoms with Crippen LogP contribution in [0, 0.1) is 0 Å². The SMILES string of the molecule is CCCCNC(=O)c1cccc(S(=O)(=O)N2CCOCC2)c1. The lowest BCUT2D eigenvalue weighted by atomic mass is 10.2. The monoisotopic (exact) mass is 326 g/mol. The number of rotatable bonds is 6. The zero-order valence-corrected chi connectivity index (χ0v) is 13.6. The van der Waals surface area contributed by atoms with Crippen LogP contribution >= 0.6 is 0 Å². The Hall–Kier alpha value is -1.44. The van der Waals surface area contributed by atoms with Crippen molar-refractivity contribution in [3.8, 4) is 0 Å². The summed E-state index contributed by atoms with van der Waals surface area (Å²) in [5.41, 5.74) is 0.366. The van der Waals surface area contributed by atoms with E-state index in [1.807, 2.05) is 6.92 Å². The third-order valence-corrected chi connectivity index (χ3v) is 5.41. The van der Waals surface area contributed by atoms with Gasteiger partial charge < -0.3 is 10.1 Å². The number of sulfonamides is 1. The Morgan fingerprint density at radius 3 is 2.73 bits per heavy atom. The lowest BCUT2D eigenvalue weighted by Crippen LogP contribution is -2.40. The largest absolute Gasteiger partial charge is 0.379 e. The van der Waals surface area contributed by atoms with E-state index in [4.69, 9.17) is 4.74 Å². The molecule has 0 saturated carbocycles. The molecule has 1 aromatic rings. The molecule has 22 heavy (non-hydrogen) atoms. The van der Waals surface area contributed by atoms with Crippen molar-refractivity contribution >= 4 is 15.9 Å². The molecule has 1 N–H and O–H groups in total. The Bertz CT molecular complexity index is 610. The second kappa shape index (κ2) is 7.71. The Labute approximate surface area is 131 Å². The van der Waals surface area contributed by atoms with Crippen LogP contribution in [0.4, 0.5) is 0 Å². The molecule has 1 aliphatic heterocycles. The molecule has 0 spiro atoms. The van der Waals surface area contributed by atoms with E-state index in [1.165, 1.54) is 16.4 Å². The Morgan fingerprint density at radius 2 is 2.05 bits per heavy atom. The highest BCUT2D eigenvalue weighted by molar-refractivity contribution is 7.89. The third-order valence-electron chi connectivity index (χ3n) is 3.52. The summed E-state index contributed by atoms with van der Waals surface area (Å²) in [6, 6.07) is 6.18. The highest BCUT2D eigenvalue weighted by atomic mass is 32.2. The number of nitrogens with zero attached hydrogens (tertiary/aromatic N) is 1. The lowest BCUT2D eigenvalue weighted by molar-refractivity contribution is 0.0730. The smallest absolute Gasteiger partial charge is 0.251 e. The molecule has 1 heterocycles. The Balaban J connectivity index is 2.15. The maximum absolute atomic E-state index is 12.6. The van der Waals surface area contributed by atoms with Crippen molar-refractivity contribution < 1.29 is 17.9 Å². The van der Waals surface area contributed by atoms with E-state index in [2.05, 4.69) is 5.32 Å². The fourth-order valence-electron chi connectivity index (χ4n) is 2.21. The summed E-state index contributed by atoms with van der Waals surface area (Å²) in [4.78, 5) is 12.2. The van der Waals surface area contributed by atoms with E-state index >= 15 is 0 Å². The lowest BCUT2D eigenvalue weighted by Gasteiger charge is -2.26. The summed E-state index contributed by atoms with van der Waals surface area (Å²) in [6.07, 6.45) is 1.89. The van der Waals surface area contributed by atoms with Gasteiger partial charge >= 0.3 is 0 Å².